The Hall–Kier alpha value is -3.45. The molecule has 0 aliphatic heterocycles. The van der Waals surface area contributed by atoms with Gasteiger partial charge < -0.3 is 24.6 Å². The van der Waals surface area contributed by atoms with E-state index >= 15 is 0 Å². The van der Waals surface area contributed by atoms with Gasteiger partial charge in [-0.3, -0.25) is 19.7 Å². The van der Waals surface area contributed by atoms with Gasteiger partial charge in [0, 0.05) is 26.2 Å². The number of aromatic nitrogens is 2. The molecule has 0 saturated heterocycles. The summed E-state index contributed by atoms with van der Waals surface area (Å²) in [5.74, 6) is -1.09. The van der Waals surface area contributed by atoms with Crippen LogP contribution in [0.5, 0.6) is 11.6 Å². The zero-order chi connectivity index (χ0) is 26.1. The Labute approximate surface area is 208 Å². The van der Waals surface area contributed by atoms with Crippen LogP contribution >= 0.6 is 11.8 Å². The lowest BCUT2D eigenvalue weighted by Gasteiger charge is -2.15. The Kier molecular flexibility index (Phi) is 10.2. The highest BCUT2D eigenvalue weighted by Gasteiger charge is 2.28. The zero-order valence-electron chi connectivity index (χ0n) is 20.7. The third kappa shape index (κ3) is 8.07. The van der Waals surface area contributed by atoms with Crippen LogP contribution in [0.15, 0.2) is 23.4 Å². The molecule has 0 aliphatic carbocycles. The van der Waals surface area contributed by atoms with Crippen molar-refractivity contribution in [3.8, 4) is 11.6 Å². The predicted octanol–water partition coefficient (Wildman–Crippen LogP) is 2.68. The van der Waals surface area contributed by atoms with E-state index in [-0.39, 0.29) is 41.7 Å². The fraction of sp³-hybridized carbons (Fsp3) is 0.455. The van der Waals surface area contributed by atoms with E-state index < -0.39 is 16.6 Å². The van der Waals surface area contributed by atoms with Crippen LogP contribution in [-0.4, -0.2) is 90.7 Å². The third-order valence-electron chi connectivity index (χ3n) is 4.58. The van der Waals surface area contributed by atoms with Crippen molar-refractivity contribution >= 4 is 35.1 Å². The van der Waals surface area contributed by atoms with Gasteiger partial charge in [-0.15, -0.1) is 0 Å². The summed E-state index contributed by atoms with van der Waals surface area (Å²) in [5, 5.41) is 14.8. The summed E-state index contributed by atoms with van der Waals surface area (Å²) in [5.41, 5.74) is 0.666. The molecule has 1 heterocycles. The molecule has 190 valence electrons. The molecular formula is C22H30N6O6S. The van der Waals surface area contributed by atoms with Crippen molar-refractivity contribution < 1.29 is 24.0 Å². The third-order valence-corrected chi connectivity index (χ3v) is 5.13. The summed E-state index contributed by atoms with van der Waals surface area (Å²) in [6.45, 7) is 2.24. The van der Waals surface area contributed by atoms with Crippen molar-refractivity contribution in [1.82, 2.24) is 19.8 Å². The van der Waals surface area contributed by atoms with E-state index in [2.05, 4.69) is 15.3 Å². The van der Waals surface area contributed by atoms with Gasteiger partial charge in [0.1, 0.15) is 12.3 Å². The van der Waals surface area contributed by atoms with Crippen LogP contribution in [0.25, 0.3) is 0 Å². The van der Waals surface area contributed by atoms with Crippen LogP contribution in [0.4, 0.5) is 11.5 Å². The molecule has 35 heavy (non-hydrogen) atoms. The summed E-state index contributed by atoms with van der Waals surface area (Å²) in [4.78, 5) is 47.4. The molecule has 0 atom stereocenters. The molecule has 1 aromatic carbocycles. The Morgan fingerprint density at radius 2 is 1.89 bits per heavy atom. The summed E-state index contributed by atoms with van der Waals surface area (Å²) >= 11 is 1.15. The van der Waals surface area contributed by atoms with Gasteiger partial charge in [-0.1, -0.05) is 11.8 Å². The monoisotopic (exact) mass is 506 g/mol. The number of nitrogens with zero attached hydrogens (tertiary/aromatic N) is 5. The first-order valence-corrected chi connectivity index (χ1v) is 12.0. The summed E-state index contributed by atoms with van der Waals surface area (Å²) in [6.07, 6.45) is 2.34. The van der Waals surface area contributed by atoms with E-state index in [1.807, 2.05) is 19.0 Å². The molecule has 0 unspecified atom stereocenters. The number of benzene rings is 1. The maximum Gasteiger partial charge on any atom is 0.373 e. The Morgan fingerprint density at radius 1 is 1.17 bits per heavy atom. The number of carbonyl (C=O) groups is 2. The number of hydrogen-bond acceptors (Lipinski definition) is 11. The number of carbonyl (C=O) groups excluding carboxylic acids is 2. The number of thioether (sulfide) groups is 1. The standard InChI is InChI=1S/C22H30N6O6S/c1-7-33-17(29)13-23-19-18(28(31)32)20(25-22(24-19)35-6)34-16-11-14(8-9-26(2)3)10-15(12-16)21(30)27(4)5/h10-12H,7-9,13H2,1-6H3,(H,23,24,25). The topological polar surface area (TPSA) is 140 Å². The Bertz CT molecular complexity index is 1080. The van der Waals surface area contributed by atoms with Crippen molar-refractivity contribution in [1.29, 1.82) is 0 Å². The first-order valence-electron chi connectivity index (χ1n) is 10.7. The van der Waals surface area contributed by atoms with Gasteiger partial charge in [0.25, 0.3) is 5.91 Å². The average Bonchev–Trinajstić information content (AvgIpc) is 2.80. The summed E-state index contributed by atoms with van der Waals surface area (Å²) in [6, 6.07) is 5.00. The Morgan fingerprint density at radius 3 is 2.46 bits per heavy atom. The second-order valence-electron chi connectivity index (χ2n) is 7.85. The van der Waals surface area contributed by atoms with E-state index in [0.29, 0.717) is 12.0 Å². The molecule has 1 N–H and O–H groups in total. The van der Waals surface area contributed by atoms with Crippen molar-refractivity contribution in [2.24, 2.45) is 0 Å². The van der Waals surface area contributed by atoms with Crippen molar-refractivity contribution in [3.63, 3.8) is 0 Å². The number of hydrogen-bond donors (Lipinski definition) is 1. The number of anilines is 1. The molecule has 13 heteroatoms. The number of likely N-dealkylation sites (N-methyl/N-ethyl adjacent to an activating group) is 1. The molecule has 12 nitrogen and oxygen atoms in total. The highest BCUT2D eigenvalue weighted by atomic mass is 32.2. The maximum absolute atomic E-state index is 12.6. The minimum Gasteiger partial charge on any atom is -0.465 e. The largest absolute Gasteiger partial charge is 0.465 e. The summed E-state index contributed by atoms with van der Waals surface area (Å²) < 4.78 is 10.7. The van der Waals surface area contributed by atoms with Crippen molar-refractivity contribution in [2.45, 2.75) is 18.5 Å². The van der Waals surface area contributed by atoms with E-state index in [1.165, 1.54) is 11.0 Å². The van der Waals surface area contributed by atoms with Gasteiger partial charge in [-0.25, -0.2) is 0 Å². The molecule has 0 saturated carbocycles. The molecular weight excluding hydrogens is 476 g/mol. The lowest BCUT2D eigenvalue weighted by molar-refractivity contribution is -0.385. The maximum atomic E-state index is 12.6. The van der Waals surface area contributed by atoms with Crippen LogP contribution in [0.3, 0.4) is 0 Å². The van der Waals surface area contributed by atoms with Crippen LogP contribution in [-0.2, 0) is 16.0 Å². The number of rotatable bonds is 12. The smallest absolute Gasteiger partial charge is 0.373 e. The average molecular weight is 507 g/mol. The molecule has 0 spiro atoms. The highest BCUT2D eigenvalue weighted by molar-refractivity contribution is 7.98. The van der Waals surface area contributed by atoms with Crippen molar-refractivity contribution in [3.05, 3.63) is 39.4 Å². The second kappa shape index (κ2) is 12.9. The first-order chi connectivity index (χ1) is 16.5. The molecule has 0 radical (unpaired) electrons. The van der Waals surface area contributed by atoms with Gasteiger partial charge in [0.2, 0.25) is 5.82 Å². The number of esters is 1. The van der Waals surface area contributed by atoms with Gasteiger partial charge in [0.15, 0.2) is 5.16 Å². The summed E-state index contributed by atoms with van der Waals surface area (Å²) in [7, 11) is 7.14. The van der Waals surface area contributed by atoms with Gasteiger partial charge in [-0.2, -0.15) is 9.97 Å². The van der Waals surface area contributed by atoms with Crippen LogP contribution in [0, 0.1) is 10.1 Å². The number of nitrogens with one attached hydrogen (secondary N) is 1. The second-order valence-corrected chi connectivity index (χ2v) is 8.62. The minimum atomic E-state index is -0.686. The van der Waals surface area contributed by atoms with Gasteiger partial charge in [0.05, 0.1) is 11.5 Å². The lowest BCUT2D eigenvalue weighted by atomic mass is 10.1. The fourth-order valence-corrected chi connectivity index (χ4v) is 3.30. The normalized spacial score (nSPS) is 10.7. The van der Waals surface area contributed by atoms with Crippen LogP contribution in [0.2, 0.25) is 0 Å². The molecule has 0 fully saturated rings. The lowest BCUT2D eigenvalue weighted by Crippen LogP contribution is -2.22. The quantitative estimate of drug-likeness (QED) is 0.149. The zero-order valence-corrected chi connectivity index (χ0v) is 21.5. The molecule has 1 amide bonds. The predicted molar refractivity (Wildman–Crippen MR) is 132 cm³/mol. The van der Waals surface area contributed by atoms with E-state index in [4.69, 9.17) is 9.47 Å². The molecule has 1 aromatic heterocycles. The number of nitro groups is 1. The van der Waals surface area contributed by atoms with Gasteiger partial charge >= 0.3 is 17.5 Å². The number of ether oxygens (including phenoxy) is 2. The Balaban J connectivity index is 2.53. The van der Waals surface area contributed by atoms with E-state index in [1.54, 1.807) is 39.4 Å². The van der Waals surface area contributed by atoms with E-state index in [9.17, 15) is 19.7 Å². The first kappa shape index (κ1) is 27.8. The number of amides is 1. The SMILES string of the molecule is CCOC(=O)CNc1nc(SC)nc(Oc2cc(CCN(C)C)cc(C(=O)N(C)C)c2)c1[N+](=O)[O-]. The van der Waals surface area contributed by atoms with E-state index in [0.717, 1.165) is 23.9 Å². The van der Waals surface area contributed by atoms with Crippen molar-refractivity contribution in [2.75, 3.05) is 59.5 Å². The van der Waals surface area contributed by atoms with Gasteiger partial charge in [-0.05, 0) is 57.5 Å². The molecule has 0 aliphatic rings. The van der Waals surface area contributed by atoms with Crippen LogP contribution < -0.4 is 10.1 Å². The molecule has 2 rings (SSSR count). The molecule has 2 aromatic rings. The van der Waals surface area contributed by atoms with Crippen LogP contribution in [0.1, 0.15) is 22.8 Å². The minimum absolute atomic E-state index is 0.175. The highest BCUT2D eigenvalue weighted by Crippen LogP contribution is 2.37. The molecule has 0 bridgehead atoms. The fourth-order valence-electron chi connectivity index (χ4n) is 2.94.